The number of hydrogen-bond donors (Lipinski definition) is 1. The van der Waals surface area contributed by atoms with Crippen molar-refractivity contribution in [2.45, 2.75) is 13.5 Å². The standard InChI is InChI=1S/C12H12N4O3/c1-2-15-11(10(8-13-15)16(18)19)12(17)14-9-6-4-3-5-7-9/h3-8H,2H2,1H3,(H,14,17). The lowest BCUT2D eigenvalue weighted by Crippen LogP contribution is -2.18. The Bertz CT molecular complexity index is 607. The van der Waals surface area contributed by atoms with Crippen molar-refractivity contribution >= 4 is 17.3 Å². The highest BCUT2D eigenvalue weighted by atomic mass is 16.6. The monoisotopic (exact) mass is 260 g/mol. The van der Waals surface area contributed by atoms with Crippen LogP contribution in [0.1, 0.15) is 17.4 Å². The molecule has 7 heteroatoms. The van der Waals surface area contributed by atoms with E-state index in [0.29, 0.717) is 12.2 Å². The number of para-hydroxylation sites is 1. The molecule has 0 aliphatic rings. The van der Waals surface area contributed by atoms with Gasteiger partial charge in [-0.3, -0.25) is 19.6 Å². The van der Waals surface area contributed by atoms with E-state index in [2.05, 4.69) is 10.4 Å². The third kappa shape index (κ3) is 2.59. The summed E-state index contributed by atoms with van der Waals surface area (Å²) in [7, 11) is 0. The van der Waals surface area contributed by atoms with Crippen LogP contribution in [0.2, 0.25) is 0 Å². The van der Waals surface area contributed by atoms with Gasteiger partial charge in [-0.1, -0.05) is 18.2 Å². The number of hydrogen-bond acceptors (Lipinski definition) is 4. The molecule has 0 bridgehead atoms. The fraction of sp³-hybridized carbons (Fsp3) is 0.167. The molecule has 98 valence electrons. The molecule has 1 aromatic carbocycles. The van der Waals surface area contributed by atoms with E-state index in [1.54, 1.807) is 31.2 Å². The number of rotatable bonds is 4. The van der Waals surface area contributed by atoms with Crippen LogP contribution in [0.5, 0.6) is 0 Å². The number of anilines is 1. The van der Waals surface area contributed by atoms with Gasteiger partial charge in [0.25, 0.3) is 5.91 Å². The minimum Gasteiger partial charge on any atom is -0.320 e. The Morgan fingerprint density at radius 3 is 2.68 bits per heavy atom. The van der Waals surface area contributed by atoms with Crippen LogP contribution in [0.15, 0.2) is 36.5 Å². The number of nitro groups is 1. The molecule has 0 saturated heterocycles. The van der Waals surface area contributed by atoms with Gasteiger partial charge in [-0.05, 0) is 19.1 Å². The highest BCUT2D eigenvalue weighted by Gasteiger charge is 2.26. The molecule has 1 heterocycles. The van der Waals surface area contributed by atoms with Crippen molar-refractivity contribution in [2.75, 3.05) is 5.32 Å². The van der Waals surface area contributed by atoms with Gasteiger partial charge in [0.1, 0.15) is 6.20 Å². The van der Waals surface area contributed by atoms with Crippen LogP contribution >= 0.6 is 0 Å². The first-order valence-electron chi connectivity index (χ1n) is 5.70. The Hall–Kier alpha value is -2.70. The summed E-state index contributed by atoms with van der Waals surface area (Å²) in [4.78, 5) is 22.4. The van der Waals surface area contributed by atoms with Gasteiger partial charge in [-0.15, -0.1) is 0 Å². The summed E-state index contributed by atoms with van der Waals surface area (Å²) in [6.07, 6.45) is 1.09. The third-order valence-electron chi connectivity index (χ3n) is 2.56. The summed E-state index contributed by atoms with van der Waals surface area (Å²) in [6.45, 7) is 2.14. The summed E-state index contributed by atoms with van der Waals surface area (Å²) >= 11 is 0. The maximum absolute atomic E-state index is 12.1. The van der Waals surface area contributed by atoms with E-state index in [1.165, 1.54) is 4.68 Å². The SMILES string of the molecule is CCn1ncc([N+](=O)[O-])c1C(=O)Nc1ccccc1. The summed E-state index contributed by atoms with van der Waals surface area (Å²) in [6, 6.07) is 8.75. The van der Waals surface area contributed by atoms with Crippen molar-refractivity contribution in [1.82, 2.24) is 9.78 Å². The van der Waals surface area contributed by atoms with Crippen molar-refractivity contribution < 1.29 is 9.72 Å². The molecule has 0 fully saturated rings. The van der Waals surface area contributed by atoms with Crippen LogP contribution in [-0.2, 0) is 6.54 Å². The number of amides is 1. The summed E-state index contributed by atoms with van der Waals surface area (Å²) in [5.74, 6) is -0.544. The molecule has 0 saturated carbocycles. The van der Waals surface area contributed by atoms with Crippen molar-refractivity contribution in [3.63, 3.8) is 0 Å². The summed E-state index contributed by atoms with van der Waals surface area (Å²) < 4.78 is 1.30. The van der Waals surface area contributed by atoms with Crippen LogP contribution in [-0.4, -0.2) is 20.6 Å². The molecule has 0 aliphatic carbocycles. The fourth-order valence-corrected chi connectivity index (χ4v) is 1.69. The lowest BCUT2D eigenvalue weighted by Gasteiger charge is -2.06. The van der Waals surface area contributed by atoms with Gasteiger partial charge < -0.3 is 5.32 Å². The van der Waals surface area contributed by atoms with Gasteiger partial charge in [-0.2, -0.15) is 5.10 Å². The van der Waals surface area contributed by atoms with Gasteiger partial charge in [0.15, 0.2) is 0 Å². The largest absolute Gasteiger partial charge is 0.320 e. The summed E-state index contributed by atoms with van der Waals surface area (Å²) in [5, 5.41) is 17.3. The molecule has 0 aliphatic heterocycles. The van der Waals surface area contributed by atoms with E-state index in [4.69, 9.17) is 0 Å². The molecule has 1 aromatic heterocycles. The number of nitrogens with one attached hydrogen (secondary N) is 1. The number of carbonyl (C=O) groups is 1. The Kier molecular flexibility index (Phi) is 3.56. The smallest absolute Gasteiger partial charge is 0.320 e. The molecule has 1 N–H and O–H groups in total. The first kappa shape index (κ1) is 12.7. The minimum absolute atomic E-state index is 0.0450. The average molecular weight is 260 g/mol. The highest BCUT2D eigenvalue weighted by molar-refractivity contribution is 6.05. The second kappa shape index (κ2) is 5.30. The van der Waals surface area contributed by atoms with Crippen LogP contribution in [0.4, 0.5) is 11.4 Å². The second-order valence-electron chi connectivity index (χ2n) is 3.77. The van der Waals surface area contributed by atoms with Crippen LogP contribution in [0.25, 0.3) is 0 Å². The van der Waals surface area contributed by atoms with Gasteiger partial charge in [-0.25, -0.2) is 0 Å². The molecule has 19 heavy (non-hydrogen) atoms. The number of carbonyl (C=O) groups excluding carboxylic acids is 1. The molecule has 2 rings (SSSR count). The van der Waals surface area contributed by atoms with E-state index in [0.717, 1.165) is 6.20 Å². The third-order valence-corrected chi connectivity index (χ3v) is 2.56. The lowest BCUT2D eigenvalue weighted by molar-refractivity contribution is -0.385. The number of nitrogens with zero attached hydrogens (tertiary/aromatic N) is 3. The molecule has 0 spiro atoms. The number of benzene rings is 1. The van der Waals surface area contributed by atoms with E-state index < -0.39 is 10.8 Å². The molecule has 0 atom stereocenters. The maximum Gasteiger partial charge on any atom is 0.320 e. The van der Waals surface area contributed by atoms with Crippen molar-refractivity contribution in [1.29, 1.82) is 0 Å². The second-order valence-corrected chi connectivity index (χ2v) is 3.77. The molecule has 0 unspecified atom stereocenters. The van der Waals surface area contributed by atoms with Crippen molar-refractivity contribution in [3.8, 4) is 0 Å². The van der Waals surface area contributed by atoms with Gasteiger partial charge in [0, 0.05) is 12.2 Å². The molecule has 0 radical (unpaired) electrons. The topological polar surface area (TPSA) is 90.1 Å². The van der Waals surface area contributed by atoms with E-state index in [9.17, 15) is 14.9 Å². The predicted molar refractivity (Wildman–Crippen MR) is 69.0 cm³/mol. The zero-order valence-electron chi connectivity index (χ0n) is 10.2. The maximum atomic E-state index is 12.1. The van der Waals surface area contributed by atoms with Gasteiger partial charge >= 0.3 is 5.69 Å². The first-order valence-corrected chi connectivity index (χ1v) is 5.70. The molecule has 7 nitrogen and oxygen atoms in total. The van der Waals surface area contributed by atoms with E-state index >= 15 is 0 Å². The molecular weight excluding hydrogens is 248 g/mol. The first-order chi connectivity index (χ1) is 9.13. The fourth-order valence-electron chi connectivity index (χ4n) is 1.69. The molecular formula is C12H12N4O3. The lowest BCUT2D eigenvalue weighted by atomic mass is 10.3. The molecule has 2 aromatic rings. The molecule has 1 amide bonds. The van der Waals surface area contributed by atoms with E-state index in [-0.39, 0.29) is 11.4 Å². The highest BCUT2D eigenvalue weighted by Crippen LogP contribution is 2.19. The van der Waals surface area contributed by atoms with Crippen molar-refractivity contribution in [2.24, 2.45) is 0 Å². The zero-order valence-corrected chi connectivity index (χ0v) is 10.2. The normalized spacial score (nSPS) is 10.2. The predicted octanol–water partition coefficient (Wildman–Crippen LogP) is 2.06. The minimum atomic E-state index is -0.612. The summed E-state index contributed by atoms with van der Waals surface area (Å²) in [5.41, 5.74) is 0.234. The van der Waals surface area contributed by atoms with Crippen LogP contribution in [0.3, 0.4) is 0 Å². The van der Waals surface area contributed by atoms with Crippen LogP contribution in [0, 0.1) is 10.1 Å². The van der Waals surface area contributed by atoms with Crippen molar-refractivity contribution in [3.05, 3.63) is 52.3 Å². The quantitative estimate of drug-likeness (QED) is 0.673. The Morgan fingerprint density at radius 2 is 2.11 bits per heavy atom. The number of aryl methyl sites for hydroxylation is 1. The van der Waals surface area contributed by atoms with Gasteiger partial charge in [0.2, 0.25) is 5.69 Å². The Morgan fingerprint density at radius 1 is 1.42 bits per heavy atom. The van der Waals surface area contributed by atoms with E-state index in [1.807, 2.05) is 6.07 Å². The zero-order chi connectivity index (χ0) is 13.8. The average Bonchev–Trinajstić information content (AvgIpc) is 2.83. The Labute approximate surface area is 109 Å². The Balaban J connectivity index is 2.33. The number of aromatic nitrogens is 2. The van der Waals surface area contributed by atoms with Gasteiger partial charge in [0.05, 0.1) is 4.92 Å². The van der Waals surface area contributed by atoms with Crippen LogP contribution < -0.4 is 5.32 Å².